The lowest BCUT2D eigenvalue weighted by Crippen LogP contribution is -2.55. The quantitative estimate of drug-likeness (QED) is 0.901. The highest BCUT2D eigenvalue weighted by Crippen LogP contribution is 2.42. The second-order valence-corrected chi connectivity index (χ2v) is 6.61. The highest BCUT2D eigenvalue weighted by Gasteiger charge is 2.43. The SMILES string of the molecule is OC(CN1CCNCCC12CCC2)c1ccc(F)cc1Cl. The van der Waals surface area contributed by atoms with Gasteiger partial charge < -0.3 is 10.4 Å². The topological polar surface area (TPSA) is 35.5 Å². The van der Waals surface area contributed by atoms with Crippen molar-refractivity contribution in [2.75, 3.05) is 26.2 Å². The van der Waals surface area contributed by atoms with Crippen LogP contribution in [0.25, 0.3) is 0 Å². The molecule has 2 aliphatic rings. The number of nitrogens with zero attached hydrogens (tertiary/aromatic N) is 1. The van der Waals surface area contributed by atoms with Crippen LogP contribution in [0.4, 0.5) is 4.39 Å². The van der Waals surface area contributed by atoms with Gasteiger partial charge in [0, 0.05) is 35.8 Å². The lowest BCUT2D eigenvalue weighted by Gasteiger charge is -2.50. The first-order chi connectivity index (χ1) is 10.1. The number of hydrogen-bond acceptors (Lipinski definition) is 3. The molecule has 116 valence electrons. The van der Waals surface area contributed by atoms with Crippen molar-refractivity contribution in [2.24, 2.45) is 0 Å². The van der Waals surface area contributed by atoms with Crippen molar-refractivity contribution >= 4 is 11.6 Å². The summed E-state index contributed by atoms with van der Waals surface area (Å²) in [5.74, 6) is -0.370. The third-order valence-electron chi connectivity index (χ3n) is 5.00. The van der Waals surface area contributed by atoms with E-state index in [0.29, 0.717) is 17.1 Å². The van der Waals surface area contributed by atoms with Crippen molar-refractivity contribution in [3.63, 3.8) is 0 Å². The number of benzene rings is 1. The van der Waals surface area contributed by atoms with Crippen LogP contribution in [0.15, 0.2) is 18.2 Å². The van der Waals surface area contributed by atoms with Crippen LogP contribution in [0.3, 0.4) is 0 Å². The summed E-state index contributed by atoms with van der Waals surface area (Å²) in [6.45, 7) is 3.50. The molecule has 2 N–H and O–H groups in total. The molecule has 3 nitrogen and oxygen atoms in total. The van der Waals surface area contributed by atoms with Crippen LogP contribution in [0.1, 0.15) is 37.4 Å². The molecule has 5 heteroatoms. The number of aliphatic hydroxyl groups is 1. The fourth-order valence-corrected chi connectivity index (χ4v) is 3.86. The minimum absolute atomic E-state index is 0.247. The van der Waals surface area contributed by atoms with E-state index < -0.39 is 6.10 Å². The summed E-state index contributed by atoms with van der Waals surface area (Å²) in [6, 6.07) is 4.21. The molecular formula is C16H22ClFN2O. The molecule has 0 aromatic heterocycles. The second kappa shape index (κ2) is 6.21. The van der Waals surface area contributed by atoms with Crippen molar-refractivity contribution in [1.82, 2.24) is 10.2 Å². The number of halogens is 2. The molecule has 1 aliphatic heterocycles. The van der Waals surface area contributed by atoms with Crippen molar-refractivity contribution in [1.29, 1.82) is 0 Å². The van der Waals surface area contributed by atoms with Crippen molar-refractivity contribution < 1.29 is 9.50 Å². The Hall–Kier alpha value is -0.680. The molecule has 1 aromatic rings. The van der Waals surface area contributed by atoms with Gasteiger partial charge in [-0.25, -0.2) is 4.39 Å². The first-order valence-corrected chi connectivity index (χ1v) is 8.07. The zero-order valence-electron chi connectivity index (χ0n) is 12.1. The predicted molar refractivity (Wildman–Crippen MR) is 82.0 cm³/mol. The first kappa shape index (κ1) is 15.2. The van der Waals surface area contributed by atoms with Crippen molar-refractivity contribution in [2.45, 2.75) is 37.3 Å². The summed E-state index contributed by atoms with van der Waals surface area (Å²) < 4.78 is 13.1. The maximum Gasteiger partial charge on any atom is 0.124 e. The van der Waals surface area contributed by atoms with E-state index in [4.69, 9.17) is 11.6 Å². The highest BCUT2D eigenvalue weighted by molar-refractivity contribution is 6.31. The Labute approximate surface area is 130 Å². The number of β-amino-alcohol motifs (C(OH)–C–C–N with tert-alkyl or cyclic N) is 1. The minimum atomic E-state index is -0.673. The number of hydrogen-bond donors (Lipinski definition) is 2. The lowest BCUT2D eigenvalue weighted by molar-refractivity contribution is -0.0124. The zero-order valence-corrected chi connectivity index (χ0v) is 12.9. The predicted octanol–water partition coefficient (Wildman–Crippen LogP) is 2.73. The summed E-state index contributed by atoms with van der Waals surface area (Å²) in [7, 11) is 0. The van der Waals surface area contributed by atoms with Crippen LogP contribution in [-0.2, 0) is 0 Å². The summed E-state index contributed by atoms with van der Waals surface area (Å²) in [4.78, 5) is 2.40. The van der Waals surface area contributed by atoms with Crippen molar-refractivity contribution in [3.05, 3.63) is 34.6 Å². The largest absolute Gasteiger partial charge is 0.387 e. The maximum absolute atomic E-state index is 13.1. The van der Waals surface area contributed by atoms with Crippen LogP contribution in [-0.4, -0.2) is 41.7 Å². The van der Waals surface area contributed by atoms with Crippen LogP contribution >= 0.6 is 11.6 Å². The first-order valence-electron chi connectivity index (χ1n) is 7.69. The van der Waals surface area contributed by atoms with Gasteiger partial charge in [0.1, 0.15) is 5.82 Å². The average Bonchev–Trinajstić information content (AvgIpc) is 2.60. The molecular weight excluding hydrogens is 291 g/mol. The second-order valence-electron chi connectivity index (χ2n) is 6.21. The van der Waals surface area contributed by atoms with Gasteiger partial charge >= 0.3 is 0 Å². The van der Waals surface area contributed by atoms with E-state index in [1.807, 2.05) is 0 Å². The molecule has 1 saturated carbocycles. The van der Waals surface area contributed by atoms with E-state index in [9.17, 15) is 9.50 Å². The van der Waals surface area contributed by atoms with Gasteiger partial charge in [0.15, 0.2) is 0 Å². The molecule has 1 saturated heterocycles. The summed E-state index contributed by atoms with van der Waals surface area (Å²) in [6.07, 6.45) is 4.14. The van der Waals surface area contributed by atoms with E-state index >= 15 is 0 Å². The number of aliphatic hydroxyl groups excluding tert-OH is 1. The Bertz CT molecular complexity index is 507. The standard InChI is InChI=1S/C16H22ClFN2O/c17-14-10-12(18)2-3-13(14)15(21)11-20-9-8-19-7-6-16(20)4-1-5-16/h2-3,10,15,19,21H,1,4-9,11H2. The molecule has 3 rings (SSSR count). The van der Waals surface area contributed by atoms with Gasteiger partial charge in [-0.15, -0.1) is 0 Å². The van der Waals surface area contributed by atoms with E-state index in [0.717, 1.165) is 26.1 Å². The van der Waals surface area contributed by atoms with Crippen LogP contribution in [0, 0.1) is 5.82 Å². The molecule has 1 aromatic carbocycles. The summed E-state index contributed by atoms with van der Waals surface area (Å²) in [5, 5.41) is 14.3. The average molecular weight is 313 g/mol. The van der Waals surface area contributed by atoms with Gasteiger partial charge in [-0.2, -0.15) is 0 Å². The smallest absolute Gasteiger partial charge is 0.124 e. The van der Waals surface area contributed by atoms with E-state index in [1.54, 1.807) is 6.07 Å². The summed E-state index contributed by atoms with van der Waals surface area (Å²) in [5.41, 5.74) is 0.863. The van der Waals surface area contributed by atoms with Gasteiger partial charge in [0.2, 0.25) is 0 Å². The highest BCUT2D eigenvalue weighted by atomic mass is 35.5. The van der Waals surface area contributed by atoms with Gasteiger partial charge in [-0.05, 0) is 44.4 Å². The Kier molecular flexibility index (Phi) is 4.50. The van der Waals surface area contributed by atoms with E-state index in [2.05, 4.69) is 10.2 Å². The van der Waals surface area contributed by atoms with Gasteiger partial charge in [0.25, 0.3) is 0 Å². The molecule has 0 bridgehead atoms. The van der Waals surface area contributed by atoms with Gasteiger partial charge in [0.05, 0.1) is 6.10 Å². The van der Waals surface area contributed by atoms with Crippen LogP contribution < -0.4 is 5.32 Å². The molecule has 0 radical (unpaired) electrons. The molecule has 1 heterocycles. The van der Waals surface area contributed by atoms with Crippen LogP contribution in [0.5, 0.6) is 0 Å². The van der Waals surface area contributed by atoms with E-state index in [1.165, 1.54) is 31.4 Å². The fourth-order valence-electron chi connectivity index (χ4n) is 3.57. The maximum atomic E-state index is 13.1. The molecule has 21 heavy (non-hydrogen) atoms. The number of nitrogens with one attached hydrogen (secondary N) is 1. The zero-order chi connectivity index (χ0) is 14.9. The van der Waals surface area contributed by atoms with Gasteiger partial charge in [-0.1, -0.05) is 17.7 Å². The lowest BCUT2D eigenvalue weighted by atomic mass is 9.73. The molecule has 1 unspecified atom stereocenters. The van der Waals surface area contributed by atoms with E-state index in [-0.39, 0.29) is 11.4 Å². The van der Waals surface area contributed by atoms with Gasteiger partial charge in [-0.3, -0.25) is 4.90 Å². The third-order valence-corrected chi connectivity index (χ3v) is 5.32. The Morgan fingerprint density at radius 2 is 2.14 bits per heavy atom. The fraction of sp³-hybridized carbons (Fsp3) is 0.625. The molecule has 2 fully saturated rings. The third kappa shape index (κ3) is 3.09. The Morgan fingerprint density at radius 3 is 2.81 bits per heavy atom. The molecule has 0 amide bonds. The monoisotopic (exact) mass is 312 g/mol. The Balaban J connectivity index is 1.74. The van der Waals surface area contributed by atoms with Crippen molar-refractivity contribution in [3.8, 4) is 0 Å². The summed E-state index contributed by atoms with van der Waals surface area (Å²) >= 11 is 6.06. The molecule has 1 aliphatic carbocycles. The Morgan fingerprint density at radius 1 is 1.33 bits per heavy atom. The van der Waals surface area contributed by atoms with Crippen LogP contribution in [0.2, 0.25) is 5.02 Å². The molecule has 1 spiro atoms. The number of rotatable bonds is 3. The normalized spacial score (nSPS) is 23.6. The minimum Gasteiger partial charge on any atom is -0.387 e. The molecule has 1 atom stereocenters.